The molecule has 1 heterocycles. The summed E-state index contributed by atoms with van der Waals surface area (Å²) in [5.41, 5.74) is 2.11. The second kappa shape index (κ2) is 7.85. The van der Waals surface area contributed by atoms with Gasteiger partial charge in [0.1, 0.15) is 5.75 Å². The van der Waals surface area contributed by atoms with E-state index in [0.717, 1.165) is 16.9 Å². The van der Waals surface area contributed by atoms with Crippen molar-refractivity contribution in [3.05, 3.63) is 29.3 Å². The highest BCUT2D eigenvalue weighted by atomic mass is 16.6. The van der Waals surface area contributed by atoms with Gasteiger partial charge < -0.3 is 19.3 Å². The first-order chi connectivity index (χ1) is 11.0. The molecule has 1 saturated heterocycles. The molecule has 0 unspecified atom stereocenters. The fourth-order valence-electron chi connectivity index (χ4n) is 2.45. The zero-order chi connectivity index (χ0) is 16.8. The summed E-state index contributed by atoms with van der Waals surface area (Å²) in [6, 6.07) is 5.92. The average molecular weight is 320 g/mol. The summed E-state index contributed by atoms with van der Waals surface area (Å²) in [5.74, 6) is 0.679. The molecule has 1 aliphatic heterocycles. The van der Waals surface area contributed by atoms with Crippen LogP contribution in [0.3, 0.4) is 0 Å². The summed E-state index contributed by atoms with van der Waals surface area (Å²) in [5, 5.41) is 0. The van der Waals surface area contributed by atoms with Gasteiger partial charge in [0.15, 0.2) is 6.61 Å². The average Bonchev–Trinajstić information content (AvgIpc) is 2.55. The van der Waals surface area contributed by atoms with Gasteiger partial charge in [-0.3, -0.25) is 4.79 Å². The van der Waals surface area contributed by atoms with Gasteiger partial charge in [-0.25, -0.2) is 4.79 Å². The lowest BCUT2D eigenvalue weighted by Gasteiger charge is -2.34. The van der Waals surface area contributed by atoms with Crippen molar-refractivity contribution in [1.29, 1.82) is 0 Å². The van der Waals surface area contributed by atoms with Gasteiger partial charge in [-0.1, -0.05) is 12.1 Å². The van der Waals surface area contributed by atoms with E-state index in [-0.39, 0.29) is 18.6 Å². The number of nitrogens with zero attached hydrogens (tertiary/aromatic N) is 2. The molecule has 0 radical (unpaired) electrons. The third-order valence-corrected chi connectivity index (χ3v) is 3.85. The summed E-state index contributed by atoms with van der Waals surface area (Å²) < 4.78 is 10.6. The Morgan fingerprint density at radius 2 is 1.74 bits per heavy atom. The van der Waals surface area contributed by atoms with Crippen LogP contribution in [0.25, 0.3) is 0 Å². The van der Waals surface area contributed by atoms with Crippen LogP contribution in [0, 0.1) is 13.8 Å². The van der Waals surface area contributed by atoms with E-state index in [4.69, 9.17) is 9.47 Å². The SMILES string of the molecule is CCOC(=O)N1CCN(C(=O)COc2cc(C)ccc2C)CC1. The number of ether oxygens (including phenoxy) is 2. The van der Waals surface area contributed by atoms with Crippen LogP contribution < -0.4 is 4.74 Å². The van der Waals surface area contributed by atoms with Crippen LogP contribution in [0.1, 0.15) is 18.1 Å². The van der Waals surface area contributed by atoms with Crippen molar-refractivity contribution >= 4 is 12.0 Å². The van der Waals surface area contributed by atoms with Gasteiger partial charge in [0.05, 0.1) is 6.61 Å². The minimum absolute atomic E-state index is 0.0176. The van der Waals surface area contributed by atoms with Crippen LogP contribution in [0.5, 0.6) is 5.75 Å². The first-order valence-corrected chi connectivity index (χ1v) is 7.90. The van der Waals surface area contributed by atoms with Crippen molar-refractivity contribution in [2.45, 2.75) is 20.8 Å². The van der Waals surface area contributed by atoms with Gasteiger partial charge in [0.2, 0.25) is 0 Å². The van der Waals surface area contributed by atoms with Crippen LogP contribution in [0.2, 0.25) is 0 Å². The molecule has 126 valence electrons. The predicted octanol–water partition coefficient (Wildman–Crippen LogP) is 1.98. The van der Waals surface area contributed by atoms with Gasteiger partial charge >= 0.3 is 6.09 Å². The highest BCUT2D eigenvalue weighted by molar-refractivity contribution is 5.78. The summed E-state index contributed by atoms with van der Waals surface area (Å²) >= 11 is 0. The number of rotatable bonds is 4. The first-order valence-electron chi connectivity index (χ1n) is 7.90. The number of carbonyl (C=O) groups excluding carboxylic acids is 2. The third kappa shape index (κ3) is 4.61. The topological polar surface area (TPSA) is 59.1 Å². The molecule has 0 atom stereocenters. The molecule has 0 aromatic heterocycles. The maximum Gasteiger partial charge on any atom is 0.409 e. The lowest BCUT2D eigenvalue weighted by Crippen LogP contribution is -2.51. The molecule has 1 aromatic rings. The number of benzene rings is 1. The van der Waals surface area contributed by atoms with Crippen LogP contribution in [-0.2, 0) is 9.53 Å². The zero-order valence-electron chi connectivity index (χ0n) is 14.0. The molecular formula is C17H24N2O4. The van der Waals surface area contributed by atoms with Crippen molar-refractivity contribution in [3.63, 3.8) is 0 Å². The molecule has 0 spiro atoms. The van der Waals surface area contributed by atoms with Crippen molar-refractivity contribution < 1.29 is 19.1 Å². The Morgan fingerprint density at radius 3 is 2.39 bits per heavy atom. The van der Waals surface area contributed by atoms with Gasteiger partial charge in [0, 0.05) is 26.2 Å². The quantitative estimate of drug-likeness (QED) is 0.851. The molecule has 2 amide bonds. The van der Waals surface area contributed by atoms with Crippen molar-refractivity contribution in [1.82, 2.24) is 9.80 Å². The lowest BCUT2D eigenvalue weighted by atomic mass is 10.1. The van der Waals surface area contributed by atoms with Crippen LogP contribution >= 0.6 is 0 Å². The van der Waals surface area contributed by atoms with Gasteiger partial charge in [-0.2, -0.15) is 0 Å². The Bertz CT molecular complexity index is 566. The largest absolute Gasteiger partial charge is 0.483 e. The van der Waals surface area contributed by atoms with E-state index in [1.165, 1.54) is 0 Å². The van der Waals surface area contributed by atoms with E-state index >= 15 is 0 Å². The molecule has 6 nitrogen and oxygen atoms in total. The van der Waals surface area contributed by atoms with E-state index in [2.05, 4.69) is 0 Å². The molecule has 6 heteroatoms. The molecule has 1 fully saturated rings. The van der Waals surface area contributed by atoms with Crippen LogP contribution in [-0.4, -0.2) is 61.2 Å². The first kappa shape index (κ1) is 17.1. The Labute approximate surface area is 137 Å². The standard InChI is InChI=1S/C17H24N2O4/c1-4-22-17(21)19-9-7-18(8-10-19)16(20)12-23-15-11-13(2)5-6-14(15)3/h5-6,11H,4,7-10,12H2,1-3H3. The van der Waals surface area contributed by atoms with Crippen molar-refractivity contribution in [3.8, 4) is 5.75 Å². The molecule has 0 saturated carbocycles. The molecule has 0 aliphatic carbocycles. The summed E-state index contributed by atoms with van der Waals surface area (Å²) in [6.07, 6.45) is -0.314. The minimum atomic E-state index is -0.314. The van der Waals surface area contributed by atoms with E-state index in [9.17, 15) is 9.59 Å². The van der Waals surface area contributed by atoms with Crippen molar-refractivity contribution in [2.24, 2.45) is 0 Å². The summed E-state index contributed by atoms with van der Waals surface area (Å²) in [6.45, 7) is 8.11. The molecule has 0 bridgehead atoms. The maximum absolute atomic E-state index is 12.2. The van der Waals surface area contributed by atoms with Crippen LogP contribution in [0.4, 0.5) is 4.79 Å². The van der Waals surface area contributed by atoms with Gasteiger partial charge in [-0.15, -0.1) is 0 Å². The normalized spacial score (nSPS) is 14.6. The summed E-state index contributed by atoms with van der Waals surface area (Å²) in [4.78, 5) is 27.2. The lowest BCUT2D eigenvalue weighted by molar-refractivity contribution is -0.134. The van der Waals surface area contributed by atoms with Crippen molar-refractivity contribution in [2.75, 3.05) is 39.4 Å². The Morgan fingerprint density at radius 1 is 1.09 bits per heavy atom. The highest BCUT2D eigenvalue weighted by Crippen LogP contribution is 2.19. The smallest absolute Gasteiger partial charge is 0.409 e. The Balaban J connectivity index is 1.81. The minimum Gasteiger partial charge on any atom is -0.483 e. The molecular weight excluding hydrogens is 296 g/mol. The number of aryl methyl sites for hydroxylation is 2. The van der Waals surface area contributed by atoms with Gasteiger partial charge in [-0.05, 0) is 38.0 Å². The number of amides is 2. The van der Waals surface area contributed by atoms with Gasteiger partial charge in [0.25, 0.3) is 5.91 Å². The van der Waals surface area contributed by atoms with E-state index in [1.54, 1.807) is 16.7 Å². The predicted molar refractivity (Wildman–Crippen MR) is 86.6 cm³/mol. The molecule has 0 N–H and O–H groups in total. The zero-order valence-corrected chi connectivity index (χ0v) is 14.0. The fourth-order valence-corrected chi connectivity index (χ4v) is 2.45. The number of carbonyl (C=O) groups is 2. The molecule has 1 aliphatic rings. The number of piperazine rings is 1. The maximum atomic E-state index is 12.2. The fraction of sp³-hybridized carbons (Fsp3) is 0.529. The highest BCUT2D eigenvalue weighted by Gasteiger charge is 2.25. The molecule has 2 rings (SSSR count). The van der Waals surface area contributed by atoms with Crippen LogP contribution in [0.15, 0.2) is 18.2 Å². The van der Waals surface area contributed by atoms with E-state index < -0.39 is 0 Å². The second-order valence-electron chi connectivity index (χ2n) is 5.62. The monoisotopic (exact) mass is 320 g/mol. The third-order valence-electron chi connectivity index (χ3n) is 3.85. The Hall–Kier alpha value is -2.24. The van der Waals surface area contributed by atoms with E-state index in [1.807, 2.05) is 32.0 Å². The number of hydrogen-bond acceptors (Lipinski definition) is 4. The second-order valence-corrected chi connectivity index (χ2v) is 5.62. The molecule has 1 aromatic carbocycles. The Kier molecular flexibility index (Phi) is 5.84. The van der Waals surface area contributed by atoms with E-state index in [0.29, 0.717) is 32.8 Å². The molecule has 23 heavy (non-hydrogen) atoms. The number of hydrogen-bond donors (Lipinski definition) is 0. The summed E-state index contributed by atoms with van der Waals surface area (Å²) in [7, 11) is 0.